The molecule has 2 N–H and O–H groups in total. The van der Waals surface area contributed by atoms with E-state index in [0.29, 0.717) is 12.8 Å². The lowest BCUT2D eigenvalue weighted by Gasteiger charge is -2.25. The highest BCUT2D eigenvalue weighted by Gasteiger charge is 2.29. The Bertz CT molecular complexity index is 1180. The van der Waals surface area contributed by atoms with Gasteiger partial charge >= 0.3 is 12.1 Å². The molecule has 8 heteroatoms. The first-order chi connectivity index (χ1) is 18.7. The van der Waals surface area contributed by atoms with E-state index >= 15 is 0 Å². The number of alkyl carbamates (subject to hydrolysis) is 1. The van der Waals surface area contributed by atoms with Gasteiger partial charge in [-0.1, -0.05) is 60.7 Å². The molecule has 0 aliphatic rings. The summed E-state index contributed by atoms with van der Waals surface area (Å²) < 4.78 is 10.9. The highest BCUT2D eigenvalue weighted by Crippen LogP contribution is 2.12. The summed E-state index contributed by atoms with van der Waals surface area (Å²) in [5.41, 5.74) is 2.06. The Morgan fingerprint density at radius 1 is 0.795 bits per heavy atom. The molecular formula is C31H37N3O5. The summed E-state index contributed by atoms with van der Waals surface area (Å²) in [6, 6.07) is 20.9. The van der Waals surface area contributed by atoms with E-state index in [1.165, 1.54) is 0 Å². The topological polar surface area (TPSA) is 107 Å². The number of hydrogen-bond acceptors (Lipinski definition) is 6. The Hall–Kier alpha value is -4.20. The van der Waals surface area contributed by atoms with Gasteiger partial charge in [0, 0.05) is 18.8 Å². The summed E-state index contributed by atoms with van der Waals surface area (Å²) in [5, 5.41) is 5.50. The van der Waals surface area contributed by atoms with Crippen LogP contribution in [0.3, 0.4) is 0 Å². The highest BCUT2D eigenvalue weighted by molar-refractivity contribution is 5.89. The Labute approximate surface area is 230 Å². The standard InChI is InChI=1S/C31H37N3O5/c1-31(2,3)39-30(37)34-26(16-10-15-23-11-6-4-7-12-23)28(35)33-27(21-24-17-19-32-20-18-24)29(36)38-22-25-13-8-5-9-14-25/h4-9,11-14,17-20,26-27H,10,15-16,21-22H2,1-3H3,(H,33,35)(H,34,37)/t26-,27-/m0/s1. The molecule has 2 amide bonds. The zero-order valence-electron chi connectivity index (χ0n) is 22.8. The van der Waals surface area contributed by atoms with E-state index in [9.17, 15) is 14.4 Å². The number of amides is 2. The first-order valence-electron chi connectivity index (χ1n) is 13.1. The molecule has 0 unspecified atom stereocenters. The zero-order valence-corrected chi connectivity index (χ0v) is 22.8. The van der Waals surface area contributed by atoms with Crippen molar-refractivity contribution in [1.82, 2.24) is 15.6 Å². The van der Waals surface area contributed by atoms with Crippen molar-refractivity contribution >= 4 is 18.0 Å². The predicted molar refractivity (Wildman–Crippen MR) is 149 cm³/mol. The lowest BCUT2D eigenvalue weighted by atomic mass is 10.0. The van der Waals surface area contributed by atoms with E-state index in [-0.39, 0.29) is 13.0 Å². The molecule has 8 nitrogen and oxygen atoms in total. The van der Waals surface area contributed by atoms with Crippen molar-refractivity contribution in [1.29, 1.82) is 0 Å². The fourth-order valence-electron chi connectivity index (χ4n) is 3.92. The van der Waals surface area contributed by atoms with Crippen LogP contribution in [0.4, 0.5) is 4.79 Å². The molecule has 0 bridgehead atoms. The predicted octanol–water partition coefficient (Wildman–Crippen LogP) is 4.77. The molecule has 0 fully saturated rings. The van der Waals surface area contributed by atoms with Gasteiger partial charge in [-0.15, -0.1) is 0 Å². The number of aryl methyl sites for hydroxylation is 1. The zero-order chi connectivity index (χ0) is 28.1. The largest absolute Gasteiger partial charge is 0.459 e. The second-order valence-corrected chi connectivity index (χ2v) is 10.3. The number of esters is 1. The van der Waals surface area contributed by atoms with Crippen LogP contribution in [-0.4, -0.2) is 40.6 Å². The number of carbonyl (C=O) groups excluding carboxylic acids is 3. The Morgan fingerprint density at radius 2 is 1.41 bits per heavy atom. The van der Waals surface area contributed by atoms with Crippen LogP contribution in [0.5, 0.6) is 0 Å². The normalized spacial score (nSPS) is 12.6. The number of nitrogens with one attached hydrogen (secondary N) is 2. The summed E-state index contributed by atoms with van der Waals surface area (Å²) >= 11 is 0. The molecule has 3 rings (SSSR count). The number of carbonyl (C=O) groups is 3. The van der Waals surface area contributed by atoms with Crippen molar-refractivity contribution in [3.8, 4) is 0 Å². The average Bonchev–Trinajstić information content (AvgIpc) is 2.91. The average molecular weight is 532 g/mol. The molecule has 2 atom stereocenters. The second kappa shape index (κ2) is 14.7. The first kappa shape index (κ1) is 29.4. The molecule has 206 valence electrons. The third-order valence-corrected chi connectivity index (χ3v) is 5.82. The molecule has 0 spiro atoms. The number of ether oxygens (including phenoxy) is 2. The summed E-state index contributed by atoms with van der Waals surface area (Å²) in [4.78, 5) is 43.2. The molecule has 0 aliphatic carbocycles. The minimum atomic E-state index is -0.958. The van der Waals surface area contributed by atoms with Gasteiger partial charge in [-0.05, 0) is 68.9 Å². The van der Waals surface area contributed by atoms with Gasteiger partial charge in [0.15, 0.2) is 0 Å². The SMILES string of the molecule is CC(C)(C)OC(=O)N[C@@H](CCCc1ccccc1)C(=O)N[C@@H](Cc1ccncc1)C(=O)OCc1ccccc1. The van der Waals surface area contributed by atoms with Crippen LogP contribution in [0, 0.1) is 0 Å². The van der Waals surface area contributed by atoms with Gasteiger partial charge in [-0.2, -0.15) is 0 Å². The summed E-state index contributed by atoms with van der Waals surface area (Å²) in [5.74, 6) is -1.05. The third-order valence-electron chi connectivity index (χ3n) is 5.82. The quantitative estimate of drug-likeness (QED) is 0.326. The van der Waals surface area contributed by atoms with Gasteiger partial charge in [0.25, 0.3) is 0 Å². The monoisotopic (exact) mass is 531 g/mol. The first-order valence-corrected chi connectivity index (χ1v) is 13.1. The Morgan fingerprint density at radius 3 is 2.03 bits per heavy atom. The molecule has 3 aromatic rings. The van der Waals surface area contributed by atoms with E-state index in [0.717, 1.165) is 23.1 Å². The molecular weight excluding hydrogens is 494 g/mol. The van der Waals surface area contributed by atoms with Crippen LogP contribution in [0.1, 0.15) is 50.3 Å². The van der Waals surface area contributed by atoms with Crippen molar-refractivity contribution in [2.45, 2.75) is 70.7 Å². The van der Waals surface area contributed by atoms with Crippen LogP contribution in [0.15, 0.2) is 85.2 Å². The number of pyridine rings is 1. The fourth-order valence-corrected chi connectivity index (χ4v) is 3.92. The van der Waals surface area contributed by atoms with Gasteiger partial charge in [0.1, 0.15) is 24.3 Å². The molecule has 2 aromatic carbocycles. The van der Waals surface area contributed by atoms with E-state index in [1.54, 1.807) is 45.3 Å². The number of hydrogen-bond donors (Lipinski definition) is 2. The van der Waals surface area contributed by atoms with Crippen LogP contribution in [-0.2, 0) is 38.5 Å². The molecule has 0 saturated heterocycles. The molecule has 39 heavy (non-hydrogen) atoms. The number of aromatic nitrogens is 1. The number of nitrogens with zero attached hydrogens (tertiary/aromatic N) is 1. The van der Waals surface area contributed by atoms with Gasteiger partial charge in [0.05, 0.1) is 0 Å². The van der Waals surface area contributed by atoms with Crippen LogP contribution < -0.4 is 10.6 Å². The molecule has 1 aromatic heterocycles. The van der Waals surface area contributed by atoms with E-state index in [1.807, 2.05) is 60.7 Å². The van der Waals surface area contributed by atoms with Crippen molar-refractivity contribution < 1.29 is 23.9 Å². The summed E-state index contributed by atoms with van der Waals surface area (Å²) in [6.07, 6.45) is 4.51. The van der Waals surface area contributed by atoms with E-state index < -0.39 is 35.7 Å². The Balaban J connectivity index is 1.71. The molecule has 0 saturated carbocycles. The van der Waals surface area contributed by atoms with Crippen LogP contribution in [0.25, 0.3) is 0 Å². The van der Waals surface area contributed by atoms with E-state index in [4.69, 9.17) is 9.47 Å². The van der Waals surface area contributed by atoms with Gasteiger partial charge < -0.3 is 20.1 Å². The van der Waals surface area contributed by atoms with Crippen molar-refractivity contribution in [3.05, 3.63) is 102 Å². The summed E-state index contributed by atoms with van der Waals surface area (Å²) in [7, 11) is 0. The van der Waals surface area contributed by atoms with Gasteiger partial charge in [-0.25, -0.2) is 9.59 Å². The third kappa shape index (κ3) is 11.0. The smallest absolute Gasteiger partial charge is 0.408 e. The minimum Gasteiger partial charge on any atom is -0.459 e. The fraction of sp³-hybridized carbons (Fsp3) is 0.355. The van der Waals surface area contributed by atoms with Crippen molar-refractivity contribution in [2.75, 3.05) is 0 Å². The number of benzene rings is 2. The molecule has 1 heterocycles. The molecule has 0 radical (unpaired) electrons. The second-order valence-electron chi connectivity index (χ2n) is 10.3. The highest BCUT2D eigenvalue weighted by atomic mass is 16.6. The van der Waals surface area contributed by atoms with Crippen LogP contribution in [0.2, 0.25) is 0 Å². The maximum atomic E-state index is 13.5. The Kier molecular flexibility index (Phi) is 11.0. The van der Waals surface area contributed by atoms with E-state index in [2.05, 4.69) is 15.6 Å². The maximum Gasteiger partial charge on any atom is 0.408 e. The summed E-state index contributed by atoms with van der Waals surface area (Å²) in [6.45, 7) is 5.35. The van der Waals surface area contributed by atoms with Gasteiger partial charge in [0.2, 0.25) is 5.91 Å². The molecule has 0 aliphatic heterocycles. The van der Waals surface area contributed by atoms with Gasteiger partial charge in [-0.3, -0.25) is 9.78 Å². The van der Waals surface area contributed by atoms with Crippen molar-refractivity contribution in [3.63, 3.8) is 0 Å². The number of rotatable bonds is 12. The minimum absolute atomic E-state index is 0.0824. The lowest BCUT2D eigenvalue weighted by Crippen LogP contribution is -2.53. The maximum absolute atomic E-state index is 13.5. The lowest BCUT2D eigenvalue weighted by molar-refractivity contribution is -0.149. The van der Waals surface area contributed by atoms with Crippen molar-refractivity contribution in [2.24, 2.45) is 0 Å². The van der Waals surface area contributed by atoms with Crippen LogP contribution >= 0.6 is 0 Å².